The van der Waals surface area contributed by atoms with E-state index in [9.17, 15) is 9.18 Å². The molecule has 1 amide bonds. The molecule has 0 atom stereocenters. The number of halogens is 2. The van der Waals surface area contributed by atoms with E-state index >= 15 is 0 Å². The minimum Gasteiger partial charge on any atom is -0.375 e. The van der Waals surface area contributed by atoms with Crippen LogP contribution in [0.4, 0.5) is 4.39 Å². The van der Waals surface area contributed by atoms with Crippen LogP contribution in [0.15, 0.2) is 12.1 Å². The van der Waals surface area contributed by atoms with Gasteiger partial charge in [0.1, 0.15) is 5.82 Å². The van der Waals surface area contributed by atoms with Crippen molar-refractivity contribution in [2.45, 2.75) is 6.92 Å². The van der Waals surface area contributed by atoms with Crippen LogP contribution in [-0.4, -0.2) is 23.1 Å². The third-order valence-electron chi connectivity index (χ3n) is 2.06. The fourth-order valence-corrected chi connectivity index (χ4v) is 1.81. The highest BCUT2D eigenvalue weighted by molar-refractivity contribution is 14.1. The zero-order chi connectivity index (χ0) is 13.2. The molecule has 0 heterocycles. The predicted octanol–water partition coefficient (Wildman–Crippen LogP) is 1.56. The molecule has 92 valence electrons. The molecule has 0 aliphatic rings. The molecule has 0 spiro atoms. The number of amides is 1. The summed E-state index contributed by atoms with van der Waals surface area (Å²) in [5.74, 6) is -1.10. The molecule has 0 saturated carbocycles. The number of hydrogen-bond donors (Lipinski definition) is 2. The Bertz CT molecular complexity index is 481. The van der Waals surface area contributed by atoms with Crippen molar-refractivity contribution in [2.24, 2.45) is 5.73 Å². The lowest BCUT2D eigenvalue weighted by atomic mass is 10.1. The average Bonchev–Trinajstić information content (AvgIpc) is 2.21. The van der Waals surface area contributed by atoms with Gasteiger partial charge in [0.15, 0.2) is 5.11 Å². The van der Waals surface area contributed by atoms with Gasteiger partial charge in [-0.2, -0.15) is 0 Å². The van der Waals surface area contributed by atoms with Crippen LogP contribution in [0.3, 0.4) is 0 Å². The minimum atomic E-state index is -0.565. The standard InChI is InChI=1S/C10H11FIN3OS/c1-5-3-7(11)6(4-8(5)12)9(16)15(2)14-10(13)17/h3-4H,1-2H3,(H3,13,14,17). The van der Waals surface area contributed by atoms with Gasteiger partial charge in [-0.3, -0.25) is 15.2 Å². The summed E-state index contributed by atoms with van der Waals surface area (Å²) in [5.41, 5.74) is 8.42. The summed E-state index contributed by atoms with van der Waals surface area (Å²) >= 11 is 6.64. The lowest BCUT2D eigenvalue weighted by Gasteiger charge is -2.18. The highest BCUT2D eigenvalue weighted by Crippen LogP contribution is 2.18. The molecule has 0 aliphatic heterocycles. The van der Waals surface area contributed by atoms with Crippen LogP contribution in [0.1, 0.15) is 15.9 Å². The summed E-state index contributed by atoms with van der Waals surface area (Å²) in [6, 6.07) is 2.81. The topological polar surface area (TPSA) is 58.4 Å². The number of thiocarbonyl (C=S) groups is 1. The Morgan fingerprint density at radius 2 is 2.18 bits per heavy atom. The smallest absolute Gasteiger partial charge is 0.275 e. The molecule has 0 radical (unpaired) electrons. The zero-order valence-corrected chi connectivity index (χ0v) is 12.2. The number of nitrogens with one attached hydrogen (secondary N) is 1. The Morgan fingerprint density at radius 1 is 1.59 bits per heavy atom. The van der Waals surface area contributed by atoms with Crippen LogP contribution in [0.2, 0.25) is 0 Å². The summed E-state index contributed by atoms with van der Waals surface area (Å²) < 4.78 is 14.5. The molecule has 17 heavy (non-hydrogen) atoms. The van der Waals surface area contributed by atoms with Crippen molar-refractivity contribution in [2.75, 3.05) is 7.05 Å². The molecule has 4 nitrogen and oxygen atoms in total. The first-order valence-electron chi connectivity index (χ1n) is 4.62. The van der Waals surface area contributed by atoms with E-state index in [-0.39, 0.29) is 10.7 Å². The fraction of sp³-hybridized carbons (Fsp3) is 0.200. The van der Waals surface area contributed by atoms with Crippen LogP contribution in [0.25, 0.3) is 0 Å². The number of aryl methyl sites for hydroxylation is 1. The normalized spacial score (nSPS) is 9.88. The fourth-order valence-electron chi connectivity index (χ4n) is 1.21. The Labute approximate surface area is 117 Å². The van der Waals surface area contributed by atoms with Gasteiger partial charge in [0.25, 0.3) is 5.91 Å². The molecule has 1 aromatic carbocycles. The van der Waals surface area contributed by atoms with Gasteiger partial charge in [-0.1, -0.05) is 0 Å². The van der Waals surface area contributed by atoms with Crippen LogP contribution < -0.4 is 11.2 Å². The number of nitrogens with two attached hydrogens (primary N) is 1. The number of nitrogens with zero attached hydrogens (tertiary/aromatic N) is 1. The molecule has 3 N–H and O–H groups in total. The molecule has 1 rings (SSSR count). The maximum atomic E-state index is 13.6. The minimum absolute atomic E-state index is 0.0220. The SMILES string of the molecule is Cc1cc(F)c(C(=O)N(C)NC(N)=S)cc1I. The van der Waals surface area contributed by atoms with E-state index in [1.807, 2.05) is 22.6 Å². The largest absolute Gasteiger partial charge is 0.375 e. The van der Waals surface area contributed by atoms with E-state index < -0.39 is 11.7 Å². The summed E-state index contributed by atoms with van der Waals surface area (Å²) in [6.45, 7) is 1.77. The molecule has 0 aromatic heterocycles. The van der Waals surface area contributed by atoms with Crippen molar-refractivity contribution in [3.63, 3.8) is 0 Å². The van der Waals surface area contributed by atoms with Crippen LogP contribution in [0.5, 0.6) is 0 Å². The zero-order valence-electron chi connectivity index (χ0n) is 9.25. The number of hydrogen-bond acceptors (Lipinski definition) is 2. The van der Waals surface area contributed by atoms with Crippen molar-refractivity contribution >= 4 is 45.8 Å². The highest BCUT2D eigenvalue weighted by Gasteiger charge is 2.17. The van der Waals surface area contributed by atoms with E-state index in [1.54, 1.807) is 6.92 Å². The van der Waals surface area contributed by atoms with E-state index in [0.717, 1.165) is 14.1 Å². The summed E-state index contributed by atoms with van der Waals surface area (Å²) in [4.78, 5) is 11.9. The first kappa shape index (κ1) is 14.1. The molecule has 7 heteroatoms. The van der Waals surface area contributed by atoms with E-state index in [2.05, 4.69) is 17.6 Å². The van der Waals surface area contributed by atoms with Gasteiger partial charge in [-0.05, 0) is 59.4 Å². The Morgan fingerprint density at radius 3 is 2.71 bits per heavy atom. The predicted molar refractivity (Wildman–Crippen MR) is 75.9 cm³/mol. The molecule has 0 unspecified atom stereocenters. The third kappa shape index (κ3) is 3.50. The summed E-state index contributed by atoms with van der Waals surface area (Å²) in [5, 5.41) is 0.995. The van der Waals surface area contributed by atoms with Gasteiger partial charge in [0, 0.05) is 10.6 Å². The van der Waals surface area contributed by atoms with Crippen molar-refractivity contribution < 1.29 is 9.18 Å². The number of benzene rings is 1. The van der Waals surface area contributed by atoms with Crippen molar-refractivity contribution in [1.29, 1.82) is 0 Å². The van der Waals surface area contributed by atoms with E-state index in [0.29, 0.717) is 0 Å². The summed E-state index contributed by atoms with van der Waals surface area (Å²) in [7, 11) is 1.42. The molecule has 0 fully saturated rings. The molecule has 0 saturated heterocycles. The Kier molecular flexibility index (Phi) is 4.63. The second kappa shape index (κ2) is 5.58. The third-order valence-corrected chi connectivity index (χ3v) is 3.31. The van der Waals surface area contributed by atoms with Gasteiger partial charge >= 0.3 is 0 Å². The first-order chi connectivity index (χ1) is 7.82. The van der Waals surface area contributed by atoms with Crippen molar-refractivity contribution in [3.05, 3.63) is 32.6 Å². The quantitative estimate of drug-likeness (QED) is 0.450. The lowest BCUT2D eigenvalue weighted by Crippen LogP contribution is -2.46. The lowest BCUT2D eigenvalue weighted by molar-refractivity contribution is 0.0754. The van der Waals surface area contributed by atoms with Crippen LogP contribution in [0, 0.1) is 16.3 Å². The van der Waals surface area contributed by atoms with E-state index in [4.69, 9.17) is 5.73 Å². The average molecular weight is 367 g/mol. The van der Waals surface area contributed by atoms with Crippen molar-refractivity contribution in [3.8, 4) is 0 Å². The maximum absolute atomic E-state index is 13.6. The van der Waals surface area contributed by atoms with Gasteiger partial charge < -0.3 is 5.73 Å². The monoisotopic (exact) mass is 367 g/mol. The molecular weight excluding hydrogens is 356 g/mol. The second-order valence-electron chi connectivity index (χ2n) is 3.42. The van der Waals surface area contributed by atoms with Crippen LogP contribution >= 0.6 is 34.8 Å². The maximum Gasteiger partial charge on any atom is 0.275 e. The first-order valence-corrected chi connectivity index (χ1v) is 6.11. The molecule has 1 aromatic rings. The highest BCUT2D eigenvalue weighted by atomic mass is 127. The van der Waals surface area contributed by atoms with E-state index in [1.165, 1.54) is 19.2 Å². The number of carbonyl (C=O) groups excluding carboxylic acids is 1. The molecule has 0 bridgehead atoms. The van der Waals surface area contributed by atoms with Gasteiger partial charge in [0.05, 0.1) is 5.56 Å². The van der Waals surface area contributed by atoms with Gasteiger partial charge in [0.2, 0.25) is 0 Å². The summed E-state index contributed by atoms with van der Waals surface area (Å²) in [6.07, 6.45) is 0. The van der Waals surface area contributed by atoms with Crippen molar-refractivity contribution in [1.82, 2.24) is 10.4 Å². The molecule has 0 aliphatic carbocycles. The Balaban J connectivity index is 3.04. The number of carbonyl (C=O) groups is 1. The number of rotatable bonds is 1. The van der Waals surface area contributed by atoms with Gasteiger partial charge in [-0.25, -0.2) is 4.39 Å². The Hall–Kier alpha value is -0.960. The van der Waals surface area contributed by atoms with Crippen LogP contribution in [-0.2, 0) is 0 Å². The second-order valence-corrected chi connectivity index (χ2v) is 5.02. The number of hydrazine groups is 1. The molecular formula is C10H11FIN3OS. The van der Waals surface area contributed by atoms with Gasteiger partial charge in [-0.15, -0.1) is 0 Å².